The first-order valence-electron chi connectivity index (χ1n) is 8.57. The van der Waals surface area contributed by atoms with Gasteiger partial charge in [0.15, 0.2) is 11.8 Å². The van der Waals surface area contributed by atoms with Gasteiger partial charge in [0.2, 0.25) is 0 Å². The molecule has 1 saturated heterocycles. The zero-order chi connectivity index (χ0) is 20.8. The summed E-state index contributed by atoms with van der Waals surface area (Å²) in [5, 5.41) is 3.10. The van der Waals surface area contributed by atoms with Crippen LogP contribution in [0.1, 0.15) is 12.5 Å². The summed E-state index contributed by atoms with van der Waals surface area (Å²) >= 11 is 4.59. The minimum Gasteiger partial charge on any atom is -0.481 e. The molecule has 1 aliphatic heterocycles. The van der Waals surface area contributed by atoms with Crippen LogP contribution in [-0.2, 0) is 14.3 Å². The predicted molar refractivity (Wildman–Crippen MR) is 113 cm³/mol. The van der Waals surface area contributed by atoms with Crippen molar-refractivity contribution in [2.24, 2.45) is 4.99 Å². The smallest absolute Gasteiger partial charge is 0.344 e. The van der Waals surface area contributed by atoms with E-state index in [2.05, 4.69) is 26.2 Å². The van der Waals surface area contributed by atoms with Gasteiger partial charge in [-0.05, 0) is 82.7 Å². The van der Waals surface area contributed by atoms with E-state index in [1.807, 2.05) is 0 Å². The zero-order valence-corrected chi connectivity index (χ0v) is 17.7. The zero-order valence-electron chi connectivity index (χ0n) is 15.3. The number of carbonyl (C=O) groups excluding carboxylic acids is 2. The van der Waals surface area contributed by atoms with Crippen molar-refractivity contribution in [1.82, 2.24) is 5.32 Å². The second-order valence-electron chi connectivity index (χ2n) is 5.74. The molecule has 0 unspecified atom stereocenters. The van der Waals surface area contributed by atoms with Gasteiger partial charge in [0.1, 0.15) is 11.6 Å². The number of nitrogens with zero attached hydrogens (tertiary/aromatic N) is 1. The van der Waals surface area contributed by atoms with E-state index in [4.69, 9.17) is 9.47 Å². The quantitative estimate of drug-likeness (QED) is 0.491. The van der Waals surface area contributed by atoms with Gasteiger partial charge in [-0.1, -0.05) is 6.07 Å². The van der Waals surface area contributed by atoms with Crippen LogP contribution in [0.3, 0.4) is 0 Å². The Bertz CT molecular complexity index is 992. The SMILES string of the molecule is CCOC(=O)COc1ccc(/C=C2\SC(=Nc3ccc(F)cc3)NC2=O)cc1Br. The number of amides is 1. The van der Waals surface area contributed by atoms with Crippen molar-refractivity contribution >= 4 is 56.5 Å². The number of carbonyl (C=O) groups is 2. The normalized spacial score (nSPS) is 16.2. The molecule has 0 spiro atoms. The van der Waals surface area contributed by atoms with Crippen molar-refractivity contribution in [2.75, 3.05) is 13.2 Å². The van der Waals surface area contributed by atoms with Crippen LogP contribution in [0.4, 0.5) is 10.1 Å². The number of hydrogen-bond donors (Lipinski definition) is 1. The standard InChI is InChI=1S/C20H16BrFN2O4S/c1-2-27-18(25)11-28-16-8-3-12(9-15(16)21)10-17-19(26)24-20(29-17)23-14-6-4-13(22)5-7-14/h3-10H,2,11H2,1H3,(H,23,24,26)/b17-10-. The van der Waals surface area contributed by atoms with Crippen molar-refractivity contribution in [1.29, 1.82) is 0 Å². The Morgan fingerprint density at radius 1 is 1.28 bits per heavy atom. The van der Waals surface area contributed by atoms with Gasteiger partial charge in [-0.2, -0.15) is 0 Å². The van der Waals surface area contributed by atoms with Gasteiger partial charge in [-0.25, -0.2) is 14.2 Å². The number of rotatable bonds is 6. The molecule has 29 heavy (non-hydrogen) atoms. The minimum absolute atomic E-state index is 0.186. The third kappa shape index (κ3) is 5.91. The second kappa shape index (κ2) is 9.71. The maximum absolute atomic E-state index is 13.0. The number of ether oxygens (including phenoxy) is 2. The molecule has 2 aromatic rings. The van der Waals surface area contributed by atoms with Crippen LogP contribution in [0, 0.1) is 5.82 Å². The summed E-state index contributed by atoms with van der Waals surface area (Å²) < 4.78 is 23.9. The van der Waals surface area contributed by atoms with Gasteiger partial charge < -0.3 is 14.8 Å². The van der Waals surface area contributed by atoms with E-state index in [0.717, 1.165) is 5.56 Å². The number of nitrogens with one attached hydrogen (secondary N) is 1. The monoisotopic (exact) mass is 478 g/mol. The molecule has 1 aliphatic rings. The summed E-state index contributed by atoms with van der Waals surface area (Å²) in [5.74, 6) is -0.576. The largest absolute Gasteiger partial charge is 0.481 e. The van der Waals surface area contributed by atoms with Crippen molar-refractivity contribution < 1.29 is 23.5 Å². The maximum atomic E-state index is 13.0. The molecule has 0 saturated carbocycles. The van der Waals surface area contributed by atoms with Gasteiger partial charge in [0.05, 0.1) is 21.7 Å². The molecular formula is C20H16BrFN2O4S. The first-order chi connectivity index (χ1) is 13.9. The summed E-state index contributed by atoms with van der Waals surface area (Å²) in [6.07, 6.45) is 1.72. The number of amidine groups is 1. The van der Waals surface area contributed by atoms with E-state index < -0.39 is 5.97 Å². The number of thioether (sulfide) groups is 1. The lowest BCUT2D eigenvalue weighted by molar-refractivity contribution is -0.145. The summed E-state index contributed by atoms with van der Waals surface area (Å²) in [5.41, 5.74) is 1.31. The van der Waals surface area contributed by atoms with Gasteiger partial charge in [0.25, 0.3) is 5.91 Å². The topological polar surface area (TPSA) is 77.0 Å². The lowest BCUT2D eigenvalue weighted by Crippen LogP contribution is -2.19. The second-order valence-corrected chi connectivity index (χ2v) is 7.63. The number of benzene rings is 2. The molecule has 0 aromatic heterocycles. The van der Waals surface area contributed by atoms with Gasteiger partial charge in [-0.3, -0.25) is 4.79 Å². The molecule has 1 fully saturated rings. The lowest BCUT2D eigenvalue weighted by Gasteiger charge is -2.08. The molecule has 0 atom stereocenters. The molecule has 3 rings (SSSR count). The highest BCUT2D eigenvalue weighted by molar-refractivity contribution is 9.10. The van der Waals surface area contributed by atoms with Crippen molar-refractivity contribution in [3.05, 3.63) is 63.2 Å². The Morgan fingerprint density at radius 3 is 2.72 bits per heavy atom. The molecule has 1 amide bonds. The summed E-state index contributed by atoms with van der Waals surface area (Å²) in [4.78, 5) is 28.4. The first kappa shape index (κ1) is 21.1. The van der Waals surface area contributed by atoms with E-state index in [1.54, 1.807) is 31.2 Å². The molecule has 1 N–H and O–H groups in total. The van der Waals surface area contributed by atoms with Crippen LogP contribution in [0.15, 0.2) is 56.8 Å². The maximum Gasteiger partial charge on any atom is 0.344 e. The van der Waals surface area contributed by atoms with Crippen molar-refractivity contribution in [3.63, 3.8) is 0 Å². The third-order valence-corrected chi connectivity index (χ3v) is 5.14. The highest BCUT2D eigenvalue weighted by Crippen LogP contribution is 2.31. The van der Waals surface area contributed by atoms with Crippen LogP contribution in [0.2, 0.25) is 0 Å². The molecule has 0 aliphatic carbocycles. The Hall–Kier alpha value is -2.65. The summed E-state index contributed by atoms with van der Waals surface area (Å²) in [6.45, 7) is 1.83. The van der Waals surface area contributed by atoms with Crippen LogP contribution < -0.4 is 10.1 Å². The van der Waals surface area contributed by atoms with E-state index in [1.165, 1.54) is 36.0 Å². The minimum atomic E-state index is -0.447. The summed E-state index contributed by atoms with van der Waals surface area (Å²) in [7, 11) is 0. The van der Waals surface area contributed by atoms with Gasteiger partial charge in [0, 0.05) is 0 Å². The number of aliphatic imine (C=N–C) groups is 1. The van der Waals surface area contributed by atoms with E-state index in [0.29, 0.717) is 32.6 Å². The average Bonchev–Trinajstić information content (AvgIpc) is 3.02. The molecule has 150 valence electrons. The van der Waals surface area contributed by atoms with E-state index in [9.17, 15) is 14.0 Å². The van der Waals surface area contributed by atoms with Crippen LogP contribution >= 0.6 is 27.7 Å². The van der Waals surface area contributed by atoms with Gasteiger partial charge >= 0.3 is 5.97 Å². The third-order valence-electron chi connectivity index (χ3n) is 3.61. The van der Waals surface area contributed by atoms with E-state index >= 15 is 0 Å². The van der Waals surface area contributed by atoms with Crippen LogP contribution in [0.25, 0.3) is 6.08 Å². The Balaban J connectivity index is 1.69. The highest BCUT2D eigenvalue weighted by atomic mass is 79.9. The van der Waals surface area contributed by atoms with Gasteiger partial charge in [-0.15, -0.1) is 0 Å². The van der Waals surface area contributed by atoms with E-state index in [-0.39, 0.29) is 18.3 Å². The molecule has 0 radical (unpaired) electrons. The predicted octanol–water partition coefficient (Wildman–Crippen LogP) is 4.42. The van der Waals surface area contributed by atoms with Crippen LogP contribution in [0.5, 0.6) is 5.75 Å². The Morgan fingerprint density at radius 2 is 2.03 bits per heavy atom. The Kier molecular flexibility index (Phi) is 7.05. The molecule has 2 aromatic carbocycles. The highest BCUT2D eigenvalue weighted by Gasteiger charge is 2.24. The molecular weight excluding hydrogens is 463 g/mol. The number of esters is 1. The molecule has 9 heteroatoms. The lowest BCUT2D eigenvalue weighted by atomic mass is 10.2. The van der Waals surface area contributed by atoms with Crippen molar-refractivity contribution in [2.45, 2.75) is 6.92 Å². The fourth-order valence-corrected chi connectivity index (χ4v) is 3.68. The van der Waals surface area contributed by atoms with Crippen molar-refractivity contribution in [3.8, 4) is 5.75 Å². The fourth-order valence-electron chi connectivity index (χ4n) is 2.33. The molecule has 1 heterocycles. The van der Waals surface area contributed by atoms with Crippen LogP contribution in [-0.4, -0.2) is 30.3 Å². The number of halogens is 2. The average molecular weight is 479 g/mol. The fraction of sp³-hybridized carbons (Fsp3) is 0.150. The molecule has 0 bridgehead atoms. The molecule has 6 nitrogen and oxygen atoms in total. The summed E-state index contributed by atoms with van der Waals surface area (Å²) in [6, 6.07) is 10.9. The first-order valence-corrected chi connectivity index (χ1v) is 10.2. The number of hydrogen-bond acceptors (Lipinski definition) is 6. The Labute approximate surface area is 179 Å².